The molecule has 9 heavy (non-hydrogen) atoms. The molecule has 0 aromatic heterocycles. The van der Waals surface area contributed by atoms with Crippen molar-refractivity contribution >= 4 is 0 Å². The van der Waals surface area contributed by atoms with Crippen LogP contribution in [0.5, 0.6) is 0 Å². The Kier molecular flexibility index (Phi) is 1.22. The highest BCUT2D eigenvalue weighted by molar-refractivity contribution is 4.63. The number of rotatable bonds is 0. The van der Waals surface area contributed by atoms with Crippen molar-refractivity contribution in [1.82, 2.24) is 0 Å². The summed E-state index contributed by atoms with van der Waals surface area (Å²) in [5.41, 5.74) is 0. The molecule has 1 fully saturated rings. The summed E-state index contributed by atoms with van der Waals surface area (Å²) in [7, 11) is 0. The maximum atomic E-state index is 12.2. The van der Waals surface area contributed by atoms with Crippen LogP contribution in [-0.4, -0.2) is 18.8 Å². The second-order valence-corrected chi connectivity index (χ2v) is 1.86. The van der Waals surface area contributed by atoms with Crippen LogP contribution in [-0.2, 0) is 9.47 Å². The maximum absolute atomic E-state index is 12.2. The average molecular weight is 142 g/mol. The first-order valence-corrected chi connectivity index (χ1v) is 2.32. The van der Waals surface area contributed by atoms with E-state index in [0.717, 1.165) is 6.92 Å². The van der Waals surface area contributed by atoms with E-state index in [1.165, 1.54) is 0 Å². The van der Waals surface area contributed by atoms with Gasteiger partial charge in [-0.2, -0.15) is 13.2 Å². The van der Waals surface area contributed by atoms with Gasteiger partial charge < -0.3 is 4.74 Å². The van der Waals surface area contributed by atoms with Crippen molar-refractivity contribution in [2.24, 2.45) is 0 Å². The summed E-state index contributed by atoms with van der Waals surface area (Å²) in [4.78, 5) is 0. The number of halogens is 3. The molecular weight excluding hydrogens is 137 g/mol. The Morgan fingerprint density at radius 2 is 1.89 bits per heavy atom. The lowest BCUT2D eigenvalue weighted by Gasteiger charge is -2.10. The van der Waals surface area contributed by atoms with Gasteiger partial charge in [-0.1, -0.05) is 0 Å². The van der Waals surface area contributed by atoms with Crippen LogP contribution in [0.1, 0.15) is 6.92 Å². The van der Waals surface area contributed by atoms with Crippen LogP contribution in [0.3, 0.4) is 0 Å². The number of hydrogen-bond donors (Lipinski definition) is 0. The Morgan fingerprint density at radius 1 is 1.33 bits per heavy atom. The summed E-state index contributed by atoms with van der Waals surface area (Å²) in [6.07, 6.45) is -3.47. The van der Waals surface area contributed by atoms with E-state index in [1.54, 1.807) is 0 Å². The van der Waals surface area contributed by atoms with Crippen molar-refractivity contribution in [3.05, 3.63) is 0 Å². The highest BCUT2D eigenvalue weighted by atomic mass is 19.3. The van der Waals surface area contributed by atoms with E-state index in [9.17, 15) is 13.2 Å². The fourth-order valence-electron chi connectivity index (χ4n) is 0.539. The van der Waals surface area contributed by atoms with Gasteiger partial charge in [0.25, 0.3) is 0 Å². The molecule has 0 saturated carbocycles. The standard InChI is InChI=1S/C4H5F3O2/c1-3(5)8-2-4(6,7)9-3/h2H2,1H3. The van der Waals surface area contributed by atoms with Gasteiger partial charge in [0.1, 0.15) is 6.61 Å². The van der Waals surface area contributed by atoms with Crippen molar-refractivity contribution in [2.45, 2.75) is 19.1 Å². The Balaban J connectivity index is 2.58. The molecule has 0 aromatic carbocycles. The minimum Gasteiger partial charge on any atom is -0.315 e. The molecule has 2 nitrogen and oxygen atoms in total. The zero-order valence-electron chi connectivity index (χ0n) is 4.66. The molecule has 1 atom stereocenters. The first-order chi connectivity index (χ1) is 3.91. The molecule has 1 aliphatic rings. The van der Waals surface area contributed by atoms with E-state index in [1.807, 2.05) is 0 Å². The smallest absolute Gasteiger partial charge is 0.315 e. The van der Waals surface area contributed by atoms with Crippen molar-refractivity contribution in [3.63, 3.8) is 0 Å². The van der Waals surface area contributed by atoms with Gasteiger partial charge in [-0.3, -0.25) is 4.74 Å². The van der Waals surface area contributed by atoms with Crippen LogP contribution in [0.2, 0.25) is 0 Å². The molecule has 54 valence electrons. The molecule has 1 heterocycles. The van der Waals surface area contributed by atoms with Crippen LogP contribution in [0, 0.1) is 0 Å². The molecule has 0 amide bonds. The van der Waals surface area contributed by atoms with E-state index in [0.29, 0.717) is 0 Å². The van der Waals surface area contributed by atoms with Crippen molar-refractivity contribution in [3.8, 4) is 0 Å². The molecule has 0 bridgehead atoms. The summed E-state index contributed by atoms with van der Waals surface area (Å²) in [5.74, 6) is 0. The first kappa shape index (κ1) is 6.82. The summed E-state index contributed by atoms with van der Waals surface area (Å²) in [6, 6.07) is -2.62. The maximum Gasteiger partial charge on any atom is 0.383 e. The van der Waals surface area contributed by atoms with Gasteiger partial charge in [0.2, 0.25) is 0 Å². The lowest BCUT2D eigenvalue weighted by Crippen LogP contribution is -2.23. The predicted octanol–water partition coefficient (Wildman–Crippen LogP) is 1.27. The van der Waals surface area contributed by atoms with E-state index >= 15 is 0 Å². The largest absolute Gasteiger partial charge is 0.383 e. The quantitative estimate of drug-likeness (QED) is 0.507. The molecule has 1 aliphatic heterocycles. The van der Waals surface area contributed by atoms with Crippen molar-refractivity contribution < 1.29 is 22.6 Å². The predicted molar refractivity (Wildman–Crippen MR) is 21.5 cm³/mol. The molecule has 0 radical (unpaired) electrons. The fourth-order valence-corrected chi connectivity index (χ4v) is 0.539. The molecule has 1 unspecified atom stereocenters. The van der Waals surface area contributed by atoms with Gasteiger partial charge in [0.15, 0.2) is 0 Å². The van der Waals surface area contributed by atoms with Gasteiger partial charge in [-0.25, -0.2) is 0 Å². The summed E-state index contributed by atoms with van der Waals surface area (Å²) < 4.78 is 43.3. The molecule has 1 saturated heterocycles. The number of ether oxygens (including phenoxy) is 2. The van der Waals surface area contributed by atoms with Crippen LogP contribution in [0.25, 0.3) is 0 Å². The monoisotopic (exact) mass is 142 g/mol. The highest BCUT2D eigenvalue weighted by Crippen LogP contribution is 2.33. The van der Waals surface area contributed by atoms with Gasteiger partial charge in [-0.05, 0) is 0 Å². The lowest BCUT2D eigenvalue weighted by molar-refractivity contribution is -0.312. The number of alkyl halides is 3. The van der Waals surface area contributed by atoms with Crippen molar-refractivity contribution in [2.75, 3.05) is 6.61 Å². The van der Waals surface area contributed by atoms with Gasteiger partial charge in [0, 0.05) is 6.92 Å². The van der Waals surface area contributed by atoms with Crippen LogP contribution >= 0.6 is 0 Å². The topological polar surface area (TPSA) is 18.5 Å². The third-order valence-corrected chi connectivity index (χ3v) is 0.830. The molecule has 0 aromatic rings. The Bertz CT molecular complexity index is 109. The van der Waals surface area contributed by atoms with E-state index < -0.39 is 18.8 Å². The zero-order valence-corrected chi connectivity index (χ0v) is 4.66. The third-order valence-electron chi connectivity index (χ3n) is 0.830. The fraction of sp³-hybridized carbons (Fsp3) is 1.00. The minimum atomic E-state index is -3.47. The van der Waals surface area contributed by atoms with Crippen LogP contribution in [0.4, 0.5) is 13.2 Å². The Morgan fingerprint density at radius 3 is 2.00 bits per heavy atom. The van der Waals surface area contributed by atoms with Gasteiger partial charge >= 0.3 is 12.1 Å². The summed E-state index contributed by atoms with van der Waals surface area (Å²) >= 11 is 0. The second-order valence-electron chi connectivity index (χ2n) is 1.86. The van der Waals surface area contributed by atoms with E-state index in [4.69, 9.17) is 0 Å². The molecule has 0 aliphatic carbocycles. The van der Waals surface area contributed by atoms with E-state index in [-0.39, 0.29) is 0 Å². The third kappa shape index (κ3) is 1.56. The van der Waals surface area contributed by atoms with Gasteiger partial charge in [-0.15, -0.1) is 0 Å². The van der Waals surface area contributed by atoms with Crippen LogP contribution < -0.4 is 0 Å². The van der Waals surface area contributed by atoms with Crippen LogP contribution in [0.15, 0.2) is 0 Å². The SMILES string of the molecule is CC1(F)OCC(F)(F)O1. The molecule has 0 N–H and O–H groups in total. The van der Waals surface area contributed by atoms with Gasteiger partial charge in [0.05, 0.1) is 0 Å². The summed E-state index contributed by atoms with van der Waals surface area (Å²) in [5, 5.41) is 0. The minimum absolute atomic E-state index is 0.786. The molecular formula is C4H5F3O2. The molecule has 1 rings (SSSR count). The van der Waals surface area contributed by atoms with E-state index in [2.05, 4.69) is 9.47 Å². The Labute approximate surface area is 49.6 Å². The molecule has 0 spiro atoms. The average Bonchev–Trinajstić information content (AvgIpc) is 1.78. The first-order valence-electron chi connectivity index (χ1n) is 2.32. The Hall–Kier alpha value is -0.290. The normalized spacial score (nSPS) is 41.3. The lowest BCUT2D eigenvalue weighted by atomic mass is 10.7. The number of hydrogen-bond acceptors (Lipinski definition) is 2. The second kappa shape index (κ2) is 1.60. The molecule has 5 heteroatoms. The summed E-state index contributed by atoms with van der Waals surface area (Å²) in [6.45, 7) is -0.228. The van der Waals surface area contributed by atoms with Crippen molar-refractivity contribution in [1.29, 1.82) is 0 Å². The highest BCUT2D eigenvalue weighted by Gasteiger charge is 2.49. The zero-order chi connectivity index (χ0) is 7.12.